The summed E-state index contributed by atoms with van der Waals surface area (Å²) in [6, 6.07) is 11.7. The maximum atomic E-state index is 5.30. The molecule has 0 bridgehead atoms. The first-order valence-corrected chi connectivity index (χ1v) is 7.33. The summed E-state index contributed by atoms with van der Waals surface area (Å²) < 4.78 is 7.37. The maximum Gasteiger partial charge on any atom is 0.228 e. The van der Waals surface area contributed by atoms with Crippen LogP contribution in [0.25, 0.3) is 22.6 Å². The van der Waals surface area contributed by atoms with Gasteiger partial charge < -0.3 is 9.09 Å². The summed E-state index contributed by atoms with van der Waals surface area (Å²) in [4.78, 5) is 8.75. The SMILES string of the molecule is Cc1ccc(-c2noc(CCn3cnc4ccccc43)n2)nn1. The Kier molecular flexibility index (Phi) is 3.30. The molecule has 0 radical (unpaired) electrons. The van der Waals surface area contributed by atoms with E-state index in [2.05, 4.69) is 29.9 Å². The van der Waals surface area contributed by atoms with E-state index in [9.17, 15) is 0 Å². The molecule has 0 spiro atoms. The minimum Gasteiger partial charge on any atom is -0.339 e. The average Bonchev–Trinajstić information content (AvgIpc) is 3.20. The Bertz CT molecular complexity index is 941. The quantitative estimate of drug-likeness (QED) is 0.576. The van der Waals surface area contributed by atoms with Crippen molar-refractivity contribution in [3.05, 3.63) is 54.3 Å². The minimum atomic E-state index is 0.461. The van der Waals surface area contributed by atoms with Crippen LogP contribution in [0.1, 0.15) is 11.6 Å². The molecule has 0 saturated carbocycles. The smallest absolute Gasteiger partial charge is 0.228 e. The van der Waals surface area contributed by atoms with Gasteiger partial charge in [-0.25, -0.2) is 4.98 Å². The fourth-order valence-corrected chi connectivity index (χ4v) is 2.38. The summed E-state index contributed by atoms with van der Waals surface area (Å²) in [5, 5.41) is 12.0. The summed E-state index contributed by atoms with van der Waals surface area (Å²) in [7, 11) is 0. The lowest BCUT2D eigenvalue weighted by Gasteiger charge is -2.00. The van der Waals surface area contributed by atoms with Gasteiger partial charge in [0.2, 0.25) is 11.7 Å². The van der Waals surface area contributed by atoms with E-state index in [0.29, 0.717) is 23.8 Å². The van der Waals surface area contributed by atoms with Crippen molar-refractivity contribution < 1.29 is 4.52 Å². The van der Waals surface area contributed by atoms with Gasteiger partial charge >= 0.3 is 0 Å². The fraction of sp³-hybridized carbons (Fsp3) is 0.188. The van der Waals surface area contributed by atoms with Crippen LogP contribution in [-0.4, -0.2) is 29.9 Å². The third kappa shape index (κ3) is 2.68. The van der Waals surface area contributed by atoms with Gasteiger partial charge in [0.25, 0.3) is 0 Å². The van der Waals surface area contributed by atoms with E-state index in [1.807, 2.05) is 49.6 Å². The van der Waals surface area contributed by atoms with Crippen LogP contribution in [-0.2, 0) is 13.0 Å². The number of benzene rings is 1. The van der Waals surface area contributed by atoms with Crippen molar-refractivity contribution in [3.63, 3.8) is 0 Å². The van der Waals surface area contributed by atoms with E-state index in [1.165, 1.54) is 0 Å². The van der Waals surface area contributed by atoms with Crippen molar-refractivity contribution in [1.82, 2.24) is 29.9 Å². The Morgan fingerprint density at radius 2 is 2.00 bits per heavy atom. The number of imidazole rings is 1. The molecule has 114 valence electrons. The Morgan fingerprint density at radius 3 is 2.87 bits per heavy atom. The first-order chi connectivity index (χ1) is 11.3. The highest BCUT2D eigenvalue weighted by molar-refractivity contribution is 5.74. The van der Waals surface area contributed by atoms with Gasteiger partial charge in [-0.05, 0) is 31.2 Å². The van der Waals surface area contributed by atoms with Crippen LogP contribution in [0.3, 0.4) is 0 Å². The summed E-state index contributed by atoms with van der Waals surface area (Å²) in [5.74, 6) is 1.03. The third-order valence-electron chi connectivity index (χ3n) is 3.59. The molecule has 0 amide bonds. The molecular weight excluding hydrogens is 292 g/mol. The van der Waals surface area contributed by atoms with Crippen LogP contribution in [0.15, 0.2) is 47.2 Å². The van der Waals surface area contributed by atoms with Crippen LogP contribution in [0.4, 0.5) is 0 Å². The standard InChI is InChI=1S/C16H14N6O/c1-11-6-7-13(20-19-11)16-18-15(23-21-16)8-9-22-10-17-12-4-2-3-5-14(12)22/h2-7,10H,8-9H2,1H3. The lowest BCUT2D eigenvalue weighted by molar-refractivity contribution is 0.372. The molecule has 4 rings (SSSR count). The highest BCUT2D eigenvalue weighted by Crippen LogP contribution is 2.15. The van der Waals surface area contributed by atoms with E-state index in [4.69, 9.17) is 4.52 Å². The second-order valence-electron chi connectivity index (χ2n) is 5.25. The Morgan fingerprint density at radius 1 is 1.09 bits per heavy atom. The summed E-state index contributed by atoms with van der Waals surface area (Å²) in [6.07, 6.45) is 2.46. The van der Waals surface area contributed by atoms with Crippen molar-refractivity contribution in [2.45, 2.75) is 19.9 Å². The Labute approximate surface area is 132 Å². The van der Waals surface area contributed by atoms with Crippen LogP contribution in [0.2, 0.25) is 0 Å². The first kappa shape index (κ1) is 13.6. The predicted molar refractivity (Wildman–Crippen MR) is 83.5 cm³/mol. The molecule has 0 aliphatic rings. The van der Waals surface area contributed by atoms with Gasteiger partial charge in [-0.2, -0.15) is 10.1 Å². The number of aryl methyl sites for hydroxylation is 3. The molecule has 0 aliphatic heterocycles. The van der Waals surface area contributed by atoms with Crippen molar-refractivity contribution in [2.24, 2.45) is 0 Å². The number of hydrogen-bond donors (Lipinski definition) is 0. The van der Waals surface area contributed by atoms with Gasteiger partial charge in [-0.15, -0.1) is 5.10 Å². The fourth-order valence-electron chi connectivity index (χ4n) is 2.38. The second kappa shape index (κ2) is 5.60. The van der Waals surface area contributed by atoms with Crippen LogP contribution < -0.4 is 0 Å². The molecule has 23 heavy (non-hydrogen) atoms. The number of rotatable bonds is 4. The molecule has 3 aromatic heterocycles. The molecule has 0 N–H and O–H groups in total. The summed E-state index contributed by atoms with van der Waals surface area (Å²) in [6.45, 7) is 2.61. The molecular formula is C16H14N6O. The van der Waals surface area contributed by atoms with Gasteiger partial charge in [0.15, 0.2) is 0 Å². The number of aromatic nitrogens is 6. The Hall–Kier alpha value is -3.09. The van der Waals surface area contributed by atoms with Gasteiger partial charge in [0.1, 0.15) is 5.69 Å². The van der Waals surface area contributed by atoms with Crippen molar-refractivity contribution in [2.75, 3.05) is 0 Å². The molecule has 7 nitrogen and oxygen atoms in total. The zero-order chi connectivity index (χ0) is 15.6. The van der Waals surface area contributed by atoms with E-state index in [0.717, 1.165) is 23.3 Å². The molecule has 0 aliphatic carbocycles. The molecule has 3 heterocycles. The molecule has 0 saturated heterocycles. The predicted octanol–water partition coefficient (Wildman–Crippen LogP) is 2.43. The van der Waals surface area contributed by atoms with E-state index in [1.54, 1.807) is 0 Å². The summed E-state index contributed by atoms with van der Waals surface area (Å²) in [5.41, 5.74) is 3.54. The van der Waals surface area contributed by atoms with E-state index < -0.39 is 0 Å². The van der Waals surface area contributed by atoms with Crippen LogP contribution in [0, 0.1) is 6.92 Å². The molecule has 7 heteroatoms. The van der Waals surface area contributed by atoms with Crippen LogP contribution >= 0.6 is 0 Å². The highest BCUT2D eigenvalue weighted by atomic mass is 16.5. The van der Waals surface area contributed by atoms with Crippen molar-refractivity contribution in [1.29, 1.82) is 0 Å². The molecule has 0 atom stereocenters. The summed E-state index contributed by atoms with van der Waals surface area (Å²) >= 11 is 0. The lowest BCUT2D eigenvalue weighted by Crippen LogP contribution is -2.00. The van der Waals surface area contributed by atoms with Crippen molar-refractivity contribution >= 4 is 11.0 Å². The largest absolute Gasteiger partial charge is 0.339 e. The minimum absolute atomic E-state index is 0.461. The van der Waals surface area contributed by atoms with Gasteiger partial charge in [0.05, 0.1) is 23.1 Å². The van der Waals surface area contributed by atoms with E-state index >= 15 is 0 Å². The van der Waals surface area contributed by atoms with E-state index in [-0.39, 0.29) is 0 Å². The topological polar surface area (TPSA) is 82.5 Å². The van der Waals surface area contributed by atoms with Crippen LogP contribution in [0.5, 0.6) is 0 Å². The normalized spacial score (nSPS) is 11.2. The molecule has 4 aromatic rings. The van der Waals surface area contributed by atoms with Gasteiger partial charge in [-0.1, -0.05) is 17.3 Å². The number of fused-ring (bicyclic) bond motifs is 1. The average molecular weight is 306 g/mol. The highest BCUT2D eigenvalue weighted by Gasteiger charge is 2.11. The molecule has 1 aromatic carbocycles. The monoisotopic (exact) mass is 306 g/mol. The number of nitrogens with zero attached hydrogens (tertiary/aromatic N) is 6. The Balaban J connectivity index is 1.51. The zero-order valence-corrected chi connectivity index (χ0v) is 12.5. The second-order valence-corrected chi connectivity index (χ2v) is 5.25. The molecule has 0 fully saturated rings. The zero-order valence-electron chi connectivity index (χ0n) is 12.5. The molecule has 0 unspecified atom stereocenters. The lowest BCUT2D eigenvalue weighted by atomic mass is 10.3. The first-order valence-electron chi connectivity index (χ1n) is 7.33. The van der Waals surface area contributed by atoms with Crippen molar-refractivity contribution in [3.8, 4) is 11.5 Å². The maximum absolute atomic E-state index is 5.30. The number of hydrogen-bond acceptors (Lipinski definition) is 6. The van der Waals surface area contributed by atoms with Gasteiger partial charge in [0, 0.05) is 13.0 Å². The number of para-hydroxylation sites is 2. The third-order valence-corrected chi connectivity index (χ3v) is 3.59. The van der Waals surface area contributed by atoms with Gasteiger partial charge in [-0.3, -0.25) is 0 Å².